The van der Waals surface area contributed by atoms with Crippen molar-refractivity contribution in [2.24, 2.45) is 0 Å². The number of para-hydroxylation sites is 1. The van der Waals surface area contributed by atoms with Gasteiger partial charge in [0.2, 0.25) is 5.91 Å². The number of amides is 1. The first kappa shape index (κ1) is 16.1. The van der Waals surface area contributed by atoms with Gasteiger partial charge in [-0.15, -0.1) is 0 Å². The zero-order chi connectivity index (χ0) is 16.9. The van der Waals surface area contributed by atoms with Gasteiger partial charge in [-0.25, -0.2) is 0 Å². The van der Waals surface area contributed by atoms with E-state index in [4.69, 9.17) is 4.74 Å². The molecule has 4 nitrogen and oxygen atoms in total. The summed E-state index contributed by atoms with van der Waals surface area (Å²) in [6.07, 6.45) is 0. The number of hydrogen-bond acceptors (Lipinski definition) is 2. The molecule has 3 aromatic rings. The van der Waals surface area contributed by atoms with Crippen LogP contribution in [0.15, 0.2) is 54.6 Å². The van der Waals surface area contributed by atoms with E-state index in [1.54, 1.807) is 0 Å². The van der Waals surface area contributed by atoms with Crippen molar-refractivity contribution in [3.63, 3.8) is 0 Å². The second-order valence-electron chi connectivity index (χ2n) is 5.94. The summed E-state index contributed by atoms with van der Waals surface area (Å²) in [7, 11) is 0. The van der Waals surface area contributed by atoms with Crippen LogP contribution in [0.25, 0.3) is 10.9 Å². The Morgan fingerprint density at radius 1 is 1.08 bits per heavy atom. The molecule has 3 rings (SSSR count). The van der Waals surface area contributed by atoms with Gasteiger partial charge >= 0.3 is 0 Å². The highest BCUT2D eigenvalue weighted by Gasteiger charge is 2.09. The van der Waals surface area contributed by atoms with Gasteiger partial charge in [0.15, 0.2) is 0 Å². The van der Waals surface area contributed by atoms with Crippen LogP contribution in [-0.4, -0.2) is 23.6 Å². The minimum atomic E-state index is -0.00745. The van der Waals surface area contributed by atoms with E-state index in [-0.39, 0.29) is 5.91 Å². The molecular weight excluding hydrogens is 300 g/mol. The van der Waals surface area contributed by atoms with Gasteiger partial charge in [0.05, 0.1) is 6.54 Å². The van der Waals surface area contributed by atoms with Crippen LogP contribution in [0, 0.1) is 13.8 Å². The first-order valence-electron chi connectivity index (χ1n) is 8.14. The lowest BCUT2D eigenvalue weighted by atomic mass is 10.2. The van der Waals surface area contributed by atoms with E-state index >= 15 is 0 Å². The summed E-state index contributed by atoms with van der Waals surface area (Å²) < 4.78 is 7.65. The van der Waals surface area contributed by atoms with E-state index in [1.165, 1.54) is 5.56 Å². The number of hydrogen-bond donors (Lipinski definition) is 1. The molecule has 24 heavy (non-hydrogen) atoms. The Balaban J connectivity index is 1.50. The Morgan fingerprint density at radius 3 is 2.62 bits per heavy atom. The molecule has 0 aliphatic heterocycles. The first-order valence-corrected chi connectivity index (χ1v) is 8.14. The van der Waals surface area contributed by atoms with Crippen molar-refractivity contribution in [1.82, 2.24) is 9.88 Å². The third-order valence-corrected chi connectivity index (χ3v) is 4.03. The van der Waals surface area contributed by atoms with Crippen molar-refractivity contribution in [3.8, 4) is 5.75 Å². The van der Waals surface area contributed by atoms with Crippen molar-refractivity contribution in [3.05, 3.63) is 65.9 Å². The second kappa shape index (κ2) is 7.21. The number of ether oxygens (including phenoxy) is 1. The number of aryl methyl sites for hydroxylation is 2. The average Bonchev–Trinajstić information content (AvgIpc) is 2.89. The van der Waals surface area contributed by atoms with Crippen LogP contribution in [0.3, 0.4) is 0 Å². The minimum Gasteiger partial charge on any atom is -0.492 e. The molecule has 0 bridgehead atoms. The minimum absolute atomic E-state index is 0.00745. The van der Waals surface area contributed by atoms with E-state index < -0.39 is 0 Å². The predicted octanol–water partition coefficient (Wildman–Crippen LogP) is 3.45. The molecule has 0 spiro atoms. The summed E-state index contributed by atoms with van der Waals surface area (Å²) in [4.78, 5) is 12.2. The molecule has 0 fully saturated rings. The van der Waals surface area contributed by atoms with Crippen molar-refractivity contribution < 1.29 is 9.53 Å². The number of rotatable bonds is 6. The highest BCUT2D eigenvalue weighted by atomic mass is 16.5. The Hall–Kier alpha value is -2.75. The van der Waals surface area contributed by atoms with Crippen molar-refractivity contribution in [1.29, 1.82) is 0 Å². The van der Waals surface area contributed by atoms with Crippen molar-refractivity contribution in [2.75, 3.05) is 13.2 Å². The van der Waals surface area contributed by atoms with E-state index in [2.05, 4.69) is 17.4 Å². The van der Waals surface area contributed by atoms with Crippen LogP contribution in [0.2, 0.25) is 0 Å². The molecule has 0 aliphatic rings. The highest BCUT2D eigenvalue weighted by Crippen LogP contribution is 2.18. The quantitative estimate of drug-likeness (QED) is 0.706. The molecule has 1 aromatic heterocycles. The van der Waals surface area contributed by atoms with Crippen LogP contribution < -0.4 is 10.1 Å². The number of carbonyl (C=O) groups is 1. The summed E-state index contributed by atoms with van der Waals surface area (Å²) in [5.41, 5.74) is 3.37. The van der Waals surface area contributed by atoms with E-state index in [0.29, 0.717) is 19.7 Å². The van der Waals surface area contributed by atoms with Crippen molar-refractivity contribution >= 4 is 16.8 Å². The highest BCUT2D eigenvalue weighted by molar-refractivity contribution is 5.84. The van der Waals surface area contributed by atoms with Gasteiger partial charge in [0.1, 0.15) is 18.9 Å². The first-order chi connectivity index (χ1) is 11.6. The van der Waals surface area contributed by atoms with Crippen LogP contribution in [0.5, 0.6) is 5.75 Å². The van der Waals surface area contributed by atoms with Gasteiger partial charge in [-0.1, -0.05) is 35.9 Å². The number of carbonyl (C=O) groups excluding carboxylic acids is 1. The summed E-state index contributed by atoms with van der Waals surface area (Å²) in [6.45, 7) is 5.33. The maximum Gasteiger partial charge on any atom is 0.240 e. The number of aromatic nitrogens is 1. The van der Waals surface area contributed by atoms with E-state index in [9.17, 15) is 4.79 Å². The molecule has 1 heterocycles. The van der Waals surface area contributed by atoms with Gasteiger partial charge in [-0.3, -0.25) is 4.79 Å². The third kappa shape index (κ3) is 3.77. The lowest BCUT2D eigenvalue weighted by molar-refractivity contribution is -0.121. The van der Waals surface area contributed by atoms with Gasteiger partial charge in [-0.05, 0) is 43.5 Å². The predicted molar refractivity (Wildman–Crippen MR) is 96.4 cm³/mol. The van der Waals surface area contributed by atoms with Crippen LogP contribution >= 0.6 is 0 Å². The van der Waals surface area contributed by atoms with Gasteiger partial charge in [-0.2, -0.15) is 0 Å². The largest absolute Gasteiger partial charge is 0.492 e. The zero-order valence-corrected chi connectivity index (χ0v) is 14.1. The Kier molecular flexibility index (Phi) is 4.85. The summed E-state index contributed by atoms with van der Waals surface area (Å²) in [5, 5.41) is 4.07. The van der Waals surface area contributed by atoms with Gasteiger partial charge < -0.3 is 14.6 Å². The Bertz CT molecular complexity index is 834. The summed E-state index contributed by atoms with van der Waals surface area (Å²) in [5.74, 6) is 0.814. The molecular formula is C20H22N2O2. The molecule has 124 valence electrons. The molecule has 0 atom stereocenters. The molecule has 0 radical (unpaired) electrons. The fourth-order valence-corrected chi connectivity index (χ4v) is 2.75. The molecule has 0 saturated carbocycles. The lowest BCUT2D eigenvalue weighted by Crippen LogP contribution is -2.31. The molecule has 4 heteroatoms. The molecule has 1 N–H and O–H groups in total. The molecule has 0 saturated heterocycles. The molecule has 0 aliphatic carbocycles. The number of nitrogens with zero attached hydrogens (tertiary/aromatic N) is 1. The second-order valence-corrected chi connectivity index (χ2v) is 5.94. The lowest BCUT2D eigenvalue weighted by Gasteiger charge is -2.10. The van der Waals surface area contributed by atoms with Crippen molar-refractivity contribution in [2.45, 2.75) is 20.4 Å². The maximum atomic E-state index is 12.2. The van der Waals surface area contributed by atoms with Crippen LogP contribution in [-0.2, 0) is 11.3 Å². The third-order valence-electron chi connectivity index (χ3n) is 4.03. The normalized spacial score (nSPS) is 10.8. The molecule has 1 amide bonds. The molecule has 2 aromatic carbocycles. The maximum absolute atomic E-state index is 12.2. The zero-order valence-electron chi connectivity index (χ0n) is 14.1. The average molecular weight is 322 g/mol. The topological polar surface area (TPSA) is 43.3 Å². The van der Waals surface area contributed by atoms with Crippen LogP contribution in [0.1, 0.15) is 11.3 Å². The number of nitrogens with one attached hydrogen (secondary N) is 1. The number of fused-ring (bicyclic) bond motifs is 1. The standard InChI is InChI=1S/C20H22N2O2/c1-15-7-9-18(10-8-15)24-12-11-21-20(23)14-22-16(2)13-17-5-3-4-6-19(17)22/h3-10,13H,11-12,14H2,1-2H3,(H,21,23). The number of benzene rings is 2. The Labute approximate surface area is 142 Å². The monoisotopic (exact) mass is 322 g/mol. The fourth-order valence-electron chi connectivity index (χ4n) is 2.75. The summed E-state index contributed by atoms with van der Waals surface area (Å²) in [6, 6.07) is 18.1. The van der Waals surface area contributed by atoms with E-state index in [1.807, 2.05) is 60.9 Å². The smallest absolute Gasteiger partial charge is 0.240 e. The summed E-state index contributed by atoms with van der Waals surface area (Å²) >= 11 is 0. The molecule has 0 unspecified atom stereocenters. The van der Waals surface area contributed by atoms with E-state index in [0.717, 1.165) is 22.3 Å². The fraction of sp³-hybridized carbons (Fsp3) is 0.250. The van der Waals surface area contributed by atoms with Gasteiger partial charge in [0, 0.05) is 11.2 Å². The Morgan fingerprint density at radius 2 is 1.83 bits per heavy atom. The SMILES string of the molecule is Cc1ccc(OCCNC(=O)Cn2c(C)cc3ccccc32)cc1. The van der Waals surface area contributed by atoms with Gasteiger partial charge in [0.25, 0.3) is 0 Å². The van der Waals surface area contributed by atoms with Crippen LogP contribution in [0.4, 0.5) is 0 Å².